The van der Waals surface area contributed by atoms with E-state index in [9.17, 15) is 4.79 Å². The minimum Gasteiger partial charge on any atom is -0.494 e. The van der Waals surface area contributed by atoms with Crippen molar-refractivity contribution in [3.63, 3.8) is 0 Å². The van der Waals surface area contributed by atoms with Gasteiger partial charge in [0.25, 0.3) is 0 Å². The average Bonchev–Trinajstić information content (AvgIpc) is 3.50. The maximum Gasteiger partial charge on any atom is 0.221 e. The maximum atomic E-state index is 11.5. The maximum absolute atomic E-state index is 11.5. The van der Waals surface area contributed by atoms with E-state index < -0.39 is 0 Å². The van der Waals surface area contributed by atoms with E-state index in [1.807, 2.05) is 67.6 Å². The van der Waals surface area contributed by atoms with E-state index in [1.54, 1.807) is 6.20 Å². The highest BCUT2D eigenvalue weighted by Gasteiger charge is 2.42. The molecule has 1 saturated heterocycles. The van der Waals surface area contributed by atoms with Crippen molar-refractivity contribution in [3.05, 3.63) is 103 Å². The Morgan fingerprint density at radius 2 is 1.78 bits per heavy atom. The van der Waals surface area contributed by atoms with Crippen molar-refractivity contribution in [2.45, 2.75) is 25.9 Å². The minimum atomic E-state index is -0.166. The predicted octanol–water partition coefficient (Wildman–Crippen LogP) is 5.41. The Bertz CT molecular complexity index is 1350. The fourth-order valence-electron chi connectivity index (χ4n) is 4.58. The van der Waals surface area contributed by atoms with Crippen molar-refractivity contribution < 1.29 is 9.53 Å². The SMILES string of the molecule is CCOc1ccc(-n2cccc2[C@H]2[C@H](c3ccccn3)NC(=S)N2c2ccc(NC(C)=O)cc2)cc1. The molecular formula is C28H27N5O2S. The molecule has 0 spiro atoms. The van der Waals surface area contributed by atoms with Crippen molar-refractivity contribution in [2.24, 2.45) is 0 Å². The van der Waals surface area contributed by atoms with Gasteiger partial charge in [-0.2, -0.15) is 0 Å². The molecule has 0 bridgehead atoms. The summed E-state index contributed by atoms with van der Waals surface area (Å²) in [5.41, 5.74) is 4.65. The van der Waals surface area contributed by atoms with Crippen LogP contribution in [0.3, 0.4) is 0 Å². The van der Waals surface area contributed by atoms with Crippen LogP contribution >= 0.6 is 12.2 Å². The zero-order chi connectivity index (χ0) is 25.1. The van der Waals surface area contributed by atoms with Crippen molar-refractivity contribution in [1.82, 2.24) is 14.9 Å². The predicted molar refractivity (Wildman–Crippen MR) is 146 cm³/mol. The zero-order valence-corrected chi connectivity index (χ0v) is 20.9. The molecule has 0 unspecified atom stereocenters. The smallest absolute Gasteiger partial charge is 0.221 e. The quantitative estimate of drug-likeness (QED) is 0.333. The molecule has 7 nitrogen and oxygen atoms in total. The van der Waals surface area contributed by atoms with Crippen LogP contribution < -0.4 is 20.3 Å². The highest BCUT2D eigenvalue weighted by atomic mass is 32.1. The second-order valence-corrected chi connectivity index (χ2v) is 8.84. The summed E-state index contributed by atoms with van der Waals surface area (Å²) in [6, 6.07) is 25.5. The van der Waals surface area contributed by atoms with Crippen LogP contribution in [0.5, 0.6) is 5.75 Å². The molecule has 1 aliphatic rings. The molecule has 1 aliphatic heterocycles. The highest BCUT2D eigenvalue weighted by molar-refractivity contribution is 7.80. The van der Waals surface area contributed by atoms with E-state index >= 15 is 0 Å². The lowest BCUT2D eigenvalue weighted by Crippen LogP contribution is -2.30. The number of carbonyl (C=O) groups excluding carboxylic acids is 1. The molecule has 4 aromatic rings. The van der Waals surface area contributed by atoms with Gasteiger partial charge < -0.3 is 24.8 Å². The minimum absolute atomic E-state index is 0.109. The van der Waals surface area contributed by atoms with Gasteiger partial charge in [0.05, 0.1) is 18.3 Å². The monoisotopic (exact) mass is 497 g/mol. The lowest BCUT2D eigenvalue weighted by molar-refractivity contribution is -0.114. The summed E-state index contributed by atoms with van der Waals surface area (Å²) in [6.07, 6.45) is 3.85. The molecule has 2 N–H and O–H groups in total. The fraction of sp³-hybridized carbons (Fsp3) is 0.179. The summed E-state index contributed by atoms with van der Waals surface area (Å²) in [7, 11) is 0. The Kier molecular flexibility index (Phi) is 6.69. The fourth-order valence-corrected chi connectivity index (χ4v) is 4.93. The van der Waals surface area contributed by atoms with Gasteiger partial charge >= 0.3 is 0 Å². The molecule has 2 aromatic heterocycles. The van der Waals surface area contributed by atoms with Gasteiger partial charge in [0, 0.05) is 42.1 Å². The first-order valence-electron chi connectivity index (χ1n) is 11.8. The van der Waals surface area contributed by atoms with E-state index in [2.05, 4.69) is 49.5 Å². The zero-order valence-electron chi connectivity index (χ0n) is 20.1. The number of hydrogen-bond acceptors (Lipinski definition) is 4. The molecule has 3 heterocycles. The van der Waals surface area contributed by atoms with Crippen LogP contribution in [-0.4, -0.2) is 27.2 Å². The van der Waals surface area contributed by atoms with E-state index in [-0.39, 0.29) is 18.0 Å². The number of ether oxygens (including phenoxy) is 1. The second-order valence-electron chi connectivity index (χ2n) is 8.45. The van der Waals surface area contributed by atoms with Gasteiger partial charge in [-0.15, -0.1) is 0 Å². The Hall–Kier alpha value is -4.17. The number of hydrogen-bond donors (Lipinski definition) is 2. The topological polar surface area (TPSA) is 71.4 Å². The van der Waals surface area contributed by atoms with Crippen LogP contribution in [0.4, 0.5) is 11.4 Å². The van der Waals surface area contributed by atoms with Crippen molar-refractivity contribution in [1.29, 1.82) is 0 Å². The molecule has 5 rings (SSSR count). The van der Waals surface area contributed by atoms with Crippen LogP contribution in [0.15, 0.2) is 91.3 Å². The molecule has 0 radical (unpaired) electrons. The van der Waals surface area contributed by atoms with Crippen LogP contribution in [0, 0.1) is 0 Å². The normalized spacial score (nSPS) is 17.1. The summed E-state index contributed by atoms with van der Waals surface area (Å²) in [4.78, 5) is 18.2. The number of carbonyl (C=O) groups is 1. The molecule has 8 heteroatoms. The second kappa shape index (κ2) is 10.2. The molecule has 2 atom stereocenters. The molecule has 2 aromatic carbocycles. The summed E-state index contributed by atoms with van der Waals surface area (Å²) < 4.78 is 7.80. The third-order valence-corrected chi connectivity index (χ3v) is 6.39. The molecule has 1 amide bonds. The first kappa shape index (κ1) is 23.6. The number of anilines is 2. The molecule has 1 fully saturated rings. The molecule has 0 saturated carbocycles. The lowest BCUT2D eigenvalue weighted by atomic mass is 10.0. The number of nitrogens with zero attached hydrogens (tertiary/aromatic N) is 3. The Balaban J connectivity index is 1.58. The summed E-state index contributed by atoms with van der Waals surface area (Å²) in [6.45, 7) is 4.10. The van der Waals surface area contributed by atoms with Crippen LogP contribution in [-0.2, 0) is 4.79 Å². The van der Waals surface area contributed by atoms with Crippen molar-refractivity contribution >= 4 is 34.6 Å². The van der Waals surface area contributed by atoms with Crippen molar-refractivity contribution in [3.8, 4) is 11.4 Å². The number of thiocarbonyl (C=S) groups is 1. The van der Waals surface area contributed by atoms with Gasteiger partial charge in [-0.1, -0.05) is 6.07 Å². The third-order valence-electron chi connectivity index (χ3n) is 6.07. The van der Waals surface area contributed by atoms with Crippen LogP contribution in [0.25, 0.3) is 5.69 Å². The summed E-state index contributed by atoms with van der Waals surface area (Å²) in [5, 5.41) is 6.93. The summed E-state index contributed by atoms with van der Waals surface area (Å²) >= 11 is 5.85. The van der Waals surface area contributed by atoms with Crippen LogP contribution in [0.2, 0.25) is 0 Å². The van der Waals surface area contributed by atoms with Crippen LogP contribution in [0.1, 0.15) is 37.3 Å². The van der Waals surface area contributed by atoms with Gasteiger partial charge in [0.1, 0.15) is 11.8 Å². The van der Waals surface area contributed by atoms with E-state index in [1.165, 1.54) is 6.92 Å². The van der Waals surface area contributed by atoms with Gasteiger partial charge in [0.2, 0.25) is 5.91 Å². The van der Waals surface area contributed by atoms with Gasteiger partial charge in [-0.05, 0) is 91.9 Å². The standard InChI is InChI=1S/C28H27N5O2S/c1-3-35-23-15-13-21(14-16-23)32-18-6-8-25(32)27-26(24-7-4-5-17-29-24)31-28(36)33(27)22-11-9-20(10-12-22)30-19(2)34/h4-18,26-27H,3H2,1-2H3,(H,30,34)(H,31,36)/t26-,27-/m0/s1. The molecular weight excluding hydrogens is 470 g/mol. The van der Waals surface area contributed by atoms with E-state index in [4.69, 9.17) is 17.0 Å². The first-order chi connectivity index (χ1) is 17.5. The highest BCUT2D eigenvalue weighted by Crippen LogP contribution is 2.42. The number of benzene rings is 2. The lowest BCUT2D eigenvalue weighted by Gasteiger charge is -2.29. The third kappa shape index (κ3) is 4.67. The van der Waals surface area contributed by atoms with E-state index in [0.29, 0.717) is 11.7 Å². The largest absolute Gasteiger partial charge is 0.494 e. The van der Waals surface area contributed by atoms with Crippen molar-refractivity contribution in [2.75, 3.05) is 16.8 Å². The van der Waals surface area contributed by atoms with E-state index in [0.717, 1.165) is 34.2 Å². The molecule has 0 aliphatic carbocycles. The average molecular weight is 498 g/mol. The summed E-state index contributed by atoms with van der Waals surface area (Å²) in [5.74, 6) is 0.730. The number of rotatable bonds is 7. The van der Waals surface area contributed by atoms with Gasteiger partial charge in [-0.25, -0.2) is 0 Å². The molecule has 36 heavy (non-hydrogen) atoms. The number of nitrogens with one attached hydrogen (secondary N) is 2. The number of aromatic nitrogens is 2. The van der Waals surface area contributed by atoms with Gasteiger partial charge in [0.15, 0.2) is 5.11 Å². The first-order valence-corrected chi connectivity index (χ1v) is 12.2. The number of amides is 1. The number of pyridine rings is 1. The Labute approximate surface area is 215 Å². The molecule has 182 valence electrons. The Morgan fingerprint density at radius 1 is 1.03 bits per heavy atom. The Morgan fingerprint density at radius 3 is 2.44 bits per heavy atom. The van der Waals surface area contributed by atoms with Gasteiger partial charge in [-0.3, -0.25) is 9.78 Å².